The zero-order valence-corrected chi connectivity index (χ0v) is 14.1. The fourth-order valence-electron chi connectivity index (χ4n) is 2.60. The van der Waals surface area contributed by atoms with Crippen LogP contribution in [0.25, 0.3) is 10.9 Å². The molecule has 3 aromatic rings. The van der Waals surface area contributed by atoms with Gasteiger partial charge in [-0.2, -0.15) is 0 Å². The van der Waals surface area contributed by atoms with E-state index in [1.165, 1.54) is 12.1 Å². The summed E-state index contributed by atoms with van der Waals surface area (Å²) in [6, 6.07) is 9.51. The van der Waals surface area contributed by atoms with Crippen molar-refractivity contribution in [2.24, 2.45) is 10.2 Å². The van der Waals surface area contributed by atoms with Crippen LogP contribution in [0.15, 0.2) is 46.6 Å². The smallest absolute Gasteiger partial charge is 0.218 e. The van der Waals surface area contributed by atoms with Crippen molar-refractivity contribution in [3.05, 3.63) is 42.2 Å². The fraction of sp³-hybridized carbons (Fsp3) is 0.118. The second kappa shape index (κ2) is 6.60. The standard InChI is InChI=1S/C17H13FN4O3S/c18-10-3-1-2-4-11(10)20-17(26)22-21-15-9-7-13-14(25-6-5-24-13)8-12(9)19-16(15)23/h1-4,7-8,19,23H,5-6H2,(H,20,26). The Morgan fingerprint density at radius 2 is 1.92 bits per heavy atom. The topological polar surface area (TPSA) is 91.2 Å². The molecule has 0 spiro atoms. The molecule has 7 nitrogen and oxygen atoms in total. The Bertz CT molecular complexity index is 1030. The first-order chi connectivity index (χ1) is 12.6. The maximum absolute atomic E-state index is 13.6. The summed E-state index contributed by atoms with van der Waals surface area (Å²) in [7, 11) is 0. The maximum atomic E-state index is 13.6. The largest absolute Gasteiger partial charge is 0.493 e. The van der Waals surface area contributed by atoms with Crippen LogP contribution in [-0.2, 0) is 0 Å². The summed E-state index contributed by atoms with van der Waals surface area (Å²) in [4.78, 5) is 2.80. The molecule has 1 aromatic heterocycles. The summed E-state index contributed by atoms with van der Waals surface area (Å²) in [5.41, 5.74) is 1.02. The van der Waals surface area contributed by atoms with Crippen molar-refractivity contribution in [1.29, 1.82) is 0 Å². The summed E-state index contributed by atoms with van der Waals surface area (Å²) in [5.74, 6) is 0.528. The molecule has 0 aliphatic carbocycles. The number of aromatic hydroxyl groups is 1. The Labute approximate surface area is 152 Å². The Hall–Kier alpha value is -3.20. The number of fused-ring (bicyclic) bond motifs is 2. The monoisotopic (exact) mass is 372 g/mol. The number of para-hydroxylation sites is 1. The van der Waals surface area contributed by atoms with Crippen molar-refractivity contribution in [1.82, 2.24) is 4.98 Å². The van der Waals surface area contributed by atoms with Gasteiger partial charge in [-0.15, -0.1) is 10.2 Å². The second-order valence-electron chi connectivity index (χ2n) is 5.47. The first-order valence-electron chi connectivity index (χ1n) is 7.73. The van der Waals surface area contributed by atoms with Crippen molar-refractivity contribution in [3.8, 4) is 17.4 Å². The number of benzene rings is 2. The lowest BCUT2D eigenvalue weighted by Crippen LogP contribution is -2.15. The van der Waals surface area contributed by atoms with Gasteiger partial charge in [-0.05, 0) is 30.4 Å². The molecule has 3 N–H and O–H groups in total. The molecule has 0 atom stereocenters. The molecule has 26 heavy (non-hydrogen) atoms. The lowest BCUT2D eigenvalue weighted by atomic mass is 10.2. The van der Waals surface area contributed by atoms with Crippen LogP contribution in [-0.4, -0.2) is 28.4 Å². The van der Waals surface area contributed by atoms with Crippen LogP contribution in [0.3, 0.4) is 0 Å². The quantitative estimate of drug-likeness (QED) is 0.462. The molecular formula is C17H13FN4O3S. The van der Waals surface area contributed by atoms with Crippen molar-refractivity contribution in [3.63, 3.8) is 0 Å². The summed E-state index contributed by atoms with van der Waals surface area (Å²) in [5, 5.41) is 21.2. The number of hydrogen-bond donors (Lipinski definition) is 3. The van der Waals surface area contributed by atoms with Gasteiger partial charge in [0.2, 0.25) is 11.0 Å². The van der Waals surface area contributed by atoms with Gasteiger partial charge < -0.3 is 24.9 Å². The SMILES string of the molecule is Oc1[nH]c2cc3c(cc2c1N=NC(=S)Nc1ccccc1F)OCCO3. The number of nitrogens with zero attached hydrogens (tertiary/aromatic N) is 2. The van der Waals surface area contributed by atoms with E-state index in [1.54, 1.807) is 24.3 Å². The Morgan fingerprint density at radius 1 is 1.19 bits per heavy atom. The highest BCUT2D eigenvalue weighted by Gasteiger charge is 2.18. The van der Waals surface area contributed by atoms with E-state index in [-0.39, 0.29) is 22.4 Å². The van der Waals surface area contributed by atoms with Gasteiger partial charge in [-0.3, -0.25) is 0 Å². The molecule has 0 saturated carbocycles. The molecule has 0 amide bonds. The van der Waals surface area contributed by atoms with E-state index in [1.807, 2.05) is 0 Å². The molecule has 1 aliphatic rings. The van der Waals surface area contributed by atoms with E-state index in [9.17, 15) is 9.50 Å². The number of rotatable bonds is 2. The number of nitrogens with one attached hydrogen (secondary N) is 2. The third-order valence-corrected chi connectivity index (χ3v) is 3.95. The molecule has 2 aromatic carbocycles. The number of halogens is 1. The number of H-pyrrole nitrogens is 1. The molecule has 0 saturated heterocycles. The Morgan fingerprint density at radius 3 is 2.69 bits per heavy atom. The van der Waals surface area contributed by atoms with Gasteiger partial charge in [0.15, 0.2) is 17.2 Å². The van der Waals surface area contributed by atoms with Crippen LogP contribution < -0.4 is 14.8 Å². The highest BCUT2D eigenvalue weighted by atomic mass is 32.1. The van der Waals surface area contributed by atoms with Crippen LogP contribution in [0.2, 0.25) is 0 Å². The van der Waals surface area contributed by atoms with Gasteiger partial charge in [0.25, 0.3) is 0 Å². The number of hydrogen-bond acceptors (Lipinski definition) is 5. The number of anilines is 1. The lowest BCUT2D eigenvalue weighted by Gasteiger charge is -2.18. The van der Waals surface area contributed by atoms with Gasteiger partial charge in [0.1, 0.15) is 19.0 Å². The molecule has 0 unspecified atom stereocenters. The van der Waals surface area contributed by atoms with Crippen LogP contribution >= 0.6 is 12.2 Å². The van der Waals surface area contributed by atoms with E-state index in [4.69, 9.17) is 21.7 Å². The molecular weight excluding hydrogens is 359 g/mol. The third-order valence-electron chi connectivity index (χ3n) is 3.77. The predicted octanol–water partition coefficient (Wildman–Crippen LogP) is 4.26. The van der Waals surface area contributed by atoms with Crippen molar-refractivity contribution < 1.29 is 19.0 Å². The molecule has 0 radical (unpaired) electrons. The average molecular weight is 372 g/mol. The predicted molar refractivity (Wildman–Crippen MR) is 98.1 cm³/mol. The average Bonchev–Trinajstić information content (AvgIpc) is 2.94. The van der Waals surface area contributed by atoms with Crippen molar-refractivity contribution in [2.45, 2.75) is 0 Å². The molecule has 0 fully saturated rings. The van der Waals surface area contributed by atoms with Crippen molar-refractivity contribution >= 4 is 39.6 Å². The van der Waals surface area contributed by atoms with E-state index in [0.717, 1.165) is 0 Å². The van der Waals surface area contributed by atoms with E-state index >= 15 is 0 Å². The second-order valence-corrected chi connectivity index (χ2v) is 5.86. The highest BCUT2D eigenvalue weighted by molar-refractivity contribution is 7.80. The molecule has 1 aliphatic heterocycles. The van der Waals surface area contributed by atoms with Crippen molar-refractivity contribution in [2.75, 3.05) is 18.5 Å². The molecule has 2 heterocycles. The number of aromatic amines is 1. The summed E-state index contributed by atoms with van der Waals surface area (Å²) >= 11 is 5.06. The van der Waals surface area contributed by atoms with Gasteiger partial charge in [0, 0.05) is 11.5 Å². The van der Waals surface area contributed by atoms with Crippen LogP contribution in [0, 0.1) is 5.82 Å². The highest BCUT2D eigenvalue weighted by Crippen LogP contribution is 2.42. The summed E-state index contributed by atoms with van der Waals surface area (Å²) in [6.07, 6.45) is 0. The maximum Gasteiger partial charge on any atom is 0.218 e. The first-order valence-corrected chi connectivity index (χ1v) is 8.14. The van der Waals surface area contributed by atoms with Gasteiger partial charge in [-0.1, -0.05) is 12.1 Å². The minimum Gasteiger partial charge on any atom is -0.493 e. The third kappa shape index (κ3) is 3.04. The zero-order chi connectivity index (χ0) is 18.1. The summed E-state index contributed by atoms with van der Waals surface area (Å²) < 4.78 is 24.7. The Balaban J connectivity index is 1.62. The van der Waals surface area contributed by atoms with Crippen LogP contribution in [0.5, 0.6) is 17.4 Å². The number of azo groups is 1. The number of aromatic nitrogens is 1. The normalized spacial score (nSPS) is 13.3. The fourth-order valence-corrected chi connectivity index (χ4v) is 2.75. The van der Waals surface area contributed by atoms with E-state index in [0.29, 0.717) is 35.6 Å². The van der Waals surface area contributed by atoms with Gasteiger partial charge in [-0.25, -0.2) is 4.39 Å². The zero-order valence-electron chi connectivity index (χ0n) is 13.3. The summed E-state index contributed by atoms with van der Waals surface area (Å²) in [6.45, 7) is 0.913. The molecule has 0 bridgehead atoms. The minimum atomic E-state index is -0.455. The molecule has 4 rings (SSSR count). The molecule has 9 heteroatoms. The lowest BCUT2D eigenvalue weighted by molar-refractivity contribution is 0.172. The molecule has 132 valence electrons. The number of thiocarbonyl (C=S) groups is 1. The first kappa shape index (κ1) is 16.3. The van der Waals surface area contributed by atoms with Crippen LogP contribution in [0.4, 0.5) is 15.8 Å². The van der Waals surface area contributed by atoms with E-state index in [2.05, 4.69) is 20.5 Å². The van der Waals surface area contributed by atoms with E-state index < -0.39 is 5.82 Å². The Kier molecular flexibility index (Phi) is 4.13. The minimum absolute atomic E-state index is 0.0404. The van der Waals surface area contributed by atoms with Crippen LogP contribution in [0.1, 0.15) is 0 Å². The van der Waals surface area contributed by atoms with Gasteiger partial charge in [0.05, 0.1) is 11.2 Å². The van der Waals surface area contributed by atoms with Gasteiger partial charge >= 0.3 is 0 Å². The number of ether oxygens (including phenoxy) is 2.